The summed E-state index contributed by atoms with van der Waals surface area (Å²) in [5.74, 6) is 0.200. The molecule has 0 bridgehead atoms. The number of pyridine rings is 1. The fourth-order valence-corrected chi connectivity index (χ4v) is 2.19. The Hall–Kier alpha value is -2.77. The van der Waals surface area contributed by atoms with E-state index in [2.05, 4.69) is 10.3 Å². The van der Waals surface area contributed by atoms with Gasteiger partial charge in [-0.25, -0.2) is 4.79 Å². The van der Waals surface area contributed by atoms with Crippen LogP contribution in [0.1, 0.15) is 24.5 Å². The van der Waals surface area contributed by atoms with Gasteiger partial charge in [0.15, 0.2) is 0 Å². The fourth-order valence-electron chi connectivity index (χ4n) is 2.19. The van der Waals surface area contributed by atoms with E-state index in [-0.39, 0.29) is 11.4 Å². The Morgan fingerprint density at radius 3 is 2.54 bits per heavy atom. The van der Waals surface area contributed by atoms with E-state index in [9.17, 15) is 18.0 Å². The molecule has 0 atom stereocenters. The zero-order valence-electron chi connectivity index (χ0n) is 14.5. The number of aromatic nitrogens is 1. The van der Waals surface area contributed by atoms with Gasteiger partial charge in [0.2, 0.25) is 0 Å². The number of hydrogen-bond acceptors (Lipinski definition) is 3. The number of rotatable bonds is 6. The first-order valence-electron chi connectivity index (χ1n) is 8.06. The smallest absolute Gasteiger partial charge is 0.416 e. The summed E-state index contributed by atoms with van der Waals surface area (Å²) in [7, 11) is 1.55. The maximum atomic E-state index is 13.0. The van der Waals surface area contributed by atoms with Crippen molar-refractivity contribution in [3.8, 4) is 5.75 Å². The molecule has 0 radical (unpaired) electrons. The van der Waals surface area contributed by atoms with Gasteiger partial charge >= 0.3 is 12.2 Å². The predicted molar refractivity (Wildman–Crippen MR) is 92.0 cm³/mol. The summed E-state index contributed by atoms with van der Waals surface area (Å²) in [6.45, 7) is 2.50. The summed E-state index contributed by atoms with van der Waals surface area (Å²) in [6.07, 6.45) is -0.614. The molecule has 1 aromatic carbocycles. The highest BCUT2D eigenvalue weighted by molar-refractivity contribution is 5.91. The van der Waals surface area contributed by atoms with Gasteiger partial charge < -0.3 is 15.0 Å². The third-order valence-electron chi connectivity index (χ3n) is 3.53. The number of urea groups is 1. The summed E-state index contributed by atoms with van der Waals surface area (Å²) in [5.41, 5.74) is -0.0163. The van der Waals surface area contributed by atoms with Crippen LogP contribution in [0.3, 0.4) is 0 Å². The molecule has 1 aromatic heterocycles. The number of anilines is 1. The van der Waals surface area contributed by atoms with Gasteiger partial charge in [0.25, 0.3) is 0 Å². The molecule has 2 aromatic rings. The summed E-state index contributed by atoms with van der Waals surface area (Å²) < 4.78 is 44.3. The number of amides is 2. The minimum absolute atomic E-state index is 0.0140. The van der Waals surface area contributed by atoms with E-state index in [0.29, 0.717) is 19.6 Å². The summed E-state index contributed by atoms with van der Waals surface area (Å²) in [4.78, 5) is 17.6. The lowest BCUT2D eigenvalue weighted by molar-refractivity contribution is -0.137. The van der Waals surface area contributed by atoms with Gasteiger partial charge in [0.05, 0.1) is 17.9 Å². The van der Waals surface area contributed by atoms with Crippen molar-refractivity contribution in [2.75, 3.05) is 19.0 Å². The molecule has 0 aliphatic rings. The molecule has 0 saturated carbocycles. The first-order valence-corrected chi connectivity index (χ1v) is 8.06. The molecular formula is C18H20F3N3O2. The number of hydrogen-bond donors (Lipinski definition) is 1. The van der Waals surface area contributed by atoms with Crippen LogP contribution in [0.4, 0.5) is 23.7 Å². The Morgan fingerprint density at radius 1 is 1.23 bits per heavy atom. The van der Waals surface area contributed by atoms with E-state index in [4.69, 9.17) is 4.74 Å². The first kappa shape index (κ1) is 19.6. The Bertz CT molecular complexity index is 736. The highest BCUT2D eigenvalue weighted by Gasteiger charge is 2.31. The quantitative estimate of drug-likeness (QED) is 0.815. The fraction of sp³-hybridized carbons (Fsp3) is 0.333. The normalized spacial score (nSPS) is 11.1. The lowest BCUT2D eigenvalue weighted by Crippen LogP contribution is -2.31. The van der Waals surface area contributed by atoms with Crippen molar-refractivity contribution < 1.29 is 22.7 Å². The van der Waals surface area contributed by atoms with Gasteiger partial charge in [-0.05, 0) is 42.3 Å². The van der Waals surface area contributed by atoms with Crippen LogP contribution in [0.5, 0.6) is 5.75 Å². The zero-order chi connectivity index (χ0) is 19.2. The van der Waals surface area contributed by atoms with Crippen LogP contribution in [-0.2, 0) is 12.7 Å². The highest BCUT2D eigenvalue weighted by atomic mass is 19.4. The minimum Gasteiger partial charge on any atom is -0.491 e. The Balaban J connectivity index is 2.17. The molecular weight excluding hydrogens is 347 g/mol. The van der Waals surface area contributed by atoms with Gasteiger partial charge in [-0.1, -0.05) is 6.92 Å². The monoisotopic (exact) mass is 367 g/mol. The number of benzene rings is 1. The van der Waals surface area contributed by atoms with Gasteiger partial charge in [-0.3, -0.25) is 4.98 Å². The molecule has 0 aliphatic heterocycles. The summed E-state index contributed by atoms with van der Waals surface area (Å²) in [6, 6.07) is 6.00. The minimum atomic E-state index is -4.51. The van der Waals surface area contributed by atoms with Crippen LogP contribution < -0.4 is 10.1 Å². The Kier molecular flexibility index (Phi) is 6.43. The van der Waals surface area contributed by atoms with Crippen LogP contribution in [0.2, 0.25) is 0 Å². The van der Waals surface area contributed by atoms with E-state index in [1.54, 1.807) is 31.6 Å². The second-order valence-electron chi connectivity index (χ2n) is 5.70. The third-order valence-corrected chi connectivity index (χ3v) is 3.53. The second-order valence-corrected chi connectivity index (χ2v) is 5.70. The van der Waals surface area contributed by atoms with Crippen LogP contribution in [0, 0.1) is 0 Å². The number of ether oxygens (including phenoxy) is 1. The lowest BCUT2D eigenvalue weighted by Gasteiger charge is -2.20. The maximum absolute atomic E-state index is 13.0. The average molecular weight is 367 g/mol. The maximum Gasteiger partial charge on any atom is 0.416 e. The highest BCUT2D eigenvalue weighted by Crippen LogP contribution is 2.35. The number of alkyl halides is 3. The average Bonchev–Trinajstić information content (AvgIpc) is 2.60. The molecule has 0 saturated heterocycles. The molecule has 1 N–H and O–H groups in total. The summed E-state index contributed by atoms with van der Waals surface area (Å²) in [5, 5.41) is 2.50. The van der Waals surface area contributed by atoms with Gasteiger partial charge in [-0.2, -0.15) is 13.2 Å². The molecule has 2 rings (SSSR count). The number of carbonyl (C=O) groups is 1. The van der Waals surface area contributed by atoms with Crippen LogP contribution in [-0.4, -0.2) is 29.6 Å². The van der Waals surface area contributed by atoms with Crippen molar-refractivity contribution >= 4 is 11.7 Å². The largest absolute Gasteiger partial charge is 0.491 e. The second kappa shape index (κ2) is 8.55. The van der Waals surface area contributed by atoms with Crippen molar-refractivity contribution in [1.82, 2.24) is 9.88 Å². The van der Waals surface area contributed by atoms with Crippen molar-refractivity contribution in [2.24, 2.45) is 0 Å². The Labute approximate surface area is 149 Å². The SMILES string of the molecule is CCCOc1ccc(C(F)(F)F)cc1NC(=O)N(C)Cc1ccncc1. The van der Waals surface area contributed by atoms with Crippen molar-refractivity contribution in [3.63, 3.8) is 0 Å². The van der Waals surface area contributed by atoms with Gasteiger partial charge in [-0.15, -0.1) is 0 Å². The molecule has 1 heterocycles. The number of carbonyl (C=O) groups excluding carboxylic acids is 1. The van der Waals surface area contributed by atoms with E-state index in [0.717, 1.165) is 17.7 Å². The van der Waals surface area contributed by atoms with Crippen molar-refractivity contribution in [1.29, 1.82) is 0 Å². The molecule has 8 heteroatoms. The number of nitrogens with zero attached hydrogens (tertiary/aromatic N) is 2. The van der Waals surface area contributed by atoms with Crippen molar-refractivity contribution in [2.45, 2.75) is 26.1 Å². The molecule has 140 valence electrons. The molecule has 2 amide bonds. The topological polar surface area (TPSA) is 54.5 Å². The van der Waals surface area contributed by atoms with Crippen LogP contribution >= 0.6 is 0 Å². The van der Waals surface area contributed by atoms with Gasteiger partial charge in [0, 0.05) is 26.0 Å². The molecule has 0 unspecified atom stereocenters. The molecule has 0 fully saturated rings. The number of halogens is 3. The van der Waals surface area contributed by atoms with E-state index in [1.807, 2.05) is 6.92 Å². The first-order chi connectivity index (χ1) is 12.3. The van der Waals surface area contributed by atoms with E-state index in [1.165, 1.54) is 11.0 Å². The summed E-state index contributed by atoms with van der Waals surface area (Å²) >= 11 is 0. The standard InChI is InChI=1S/C18H20F3N3O2/c1-3-10-26-16-5-4-14(18(19,20)21)11-15(16)23-17(25)24(2)12-13-6-8-22-9-7-13/h4-9,11H,3,10,12H2,1-2H3,(H,23,25). The van der Waals surface area contributed by atoms with E-state index >= 15 is 0 Å². The van der Waals surface area contributed by atoms with Crippen LogP contribution in [0.15, 0.2) is 42.7 Å². The van der Waals surface area contributed by atoms with Crippen LogP contribution in [0.25, 0.3) is 0 Å². The Morgan fingerprint density at radius 2 is 1.92 bits per heavy atom. The molecule has 5 nitrogen and oxygen atoms in total. The van der Waals surface area contributed by atoms with Gasteiger partial charge in [0.1, 0.15) is 5.75 Å². The zero-order valence-corrected chi connectivity index (χ0v) is 14.5. The molecule has 0 aliphatic carbocycles. The lowest BCUT2D eigenvalue weighted by atomic mass is 10.1. The predicted octanol–water partition coefficient (Wildman–Crippen LogP) is 4.55. The third kappa shape index (κ3) is 5.37. The molecule has 0 spiro atoms. The number of nitrogens with one attached hydrogen (secondary N) is 1. The van der Waals surface area contributed by atoms with E-state index < -0.39 is 17.8 Å². The molecule has 26 heavy (non-hydrogen) atoms. The van der Waals surface area contributed by atoms with Crippen molar-refractivity contribution in [3.05, 3.63) is 53.9 Å².